The van der Waals surface area contributed by atoms with Crippen molar-refractivity contribution in [1.29, 1.82) is 0 Å². The van der Waals surface area contributed by atoms with Gasteiger partial charge in [-0.3, -0.25) is 9.89 Å². The summed E-state index contributed by atoms with van der Waals surface area (Å²) in [4.78, 5) is 10.7. The van der Waals surface area contributed by atoms with E-state index in [0.29, 0.717) is 17.5 Å². The van der Waals surface area contributed by atoms with Crippen LogP contribution >= 0.6 is 0 Å². The number of halogens is 2. The van der Waals surface area contributed by atoms with Gasteiger partial charge in [0.2, 0.25) is 0 Å². The first-order valence-corrected chi connectivity index (χ1v) is 4.74. The molecule has 0 radical (unpaired) electrons. The fourth-order valence-corrected chi connectivity index (χ4v) is 1.41. The lowest BCUT2D eigenvalue weighted by atomic mass is 10.1. The molecule has 0 bridgehead atoms. The summed E-state index contributed by atoms with van der Waals surface area (Å²) in [5.74, 6) is -0.151. The third kappa shape index (κ3) is 2.47. The molecule has 2 aromatic rings. The number of carbonyl (C=O) groups is 1. The van der Waals surface area contributed by atoms with Crippen LogP contribution in [0.4, 0.5) is 8.78 Å². The molecular formula is C11H8F2N2O2. The normalized spacial score (nSPS) is 10.5. The van der Waals surface area contributed by atoms with Crippen molar-refractivity contribution >= 4 is 6.29 Å². The minimum absolute atomic E-state index is 0.0774. The van der Waals surface area contributed by atoms with E-state index in [0.717, 1.165) is 0 Å². The molecule has 0 aliphatic heterocycles. The molecule has 0 fully saturated rings. The zero-order valence-electron chi connectivity index (χ0n) is 8.56. The topological polar surface area (TPSA) is 55.0 Å². The maximum atomic E-state index is 12.2. The Kier molecular flexibility index (Phi) is 3.13. The number of hydrogen-bond acceptors (Lipinski definition) is 3. The second kappa shape index (κ2) is 4.73. The van der Waals surface area contributed by atoms with Gasteiger partial charge < -0.3 is 4.74 Å². The van der Waals surface area contributed by atoms with Crippen LogP contribution in [0.1, 0.15) is 10.4 Å². The van der Waals surface area contributed by atoms with Gasteiger partial charge in [0.25, 0.3) is 0 Å². The van der Waals surface area contributed by atoms with Crippen LogP contribution in [-0.4, -0.2) is 23.1 Å². The molecule has 6 heteroatoms. The molecule has 2 rings (SSSR count). The van der Waals surface area contributed by atoms with Gasteiger partial charge in [-0.1, -0.05) is 6.07 Å². The van der Waals surface area contributed by atoms with Gasteiger partial charge in [-0.05, 0) is 18.2 Å². The maximum absolute atomic E-state index is 12.2. The average molecular weight is 238 g/mol. The molecular weight excluding hydrogens is 230 g/mol. The zero-order valence-corrected chi connectivity index (χ0v) is 8.56. The molecule has 1 aromatic carbocycles. The predicted molar refractivity (Wildman–Crippen MR) is 56.0 cm³/mol. The molecule has 1 N–H and O–H groups in total. The van der Waals surface area contributed by atoms with Crippen molar-refractivity contribution in [1.82, 2.24) is 10.2 Å². The van der Waals surface area contributed by atoms with E-state index in [9.17, 15) is 13.6 Å². The van der Waals surface area contributed by atoms with Crippen molar-refractivity contribution in [2.45, 2.75) is 6.61 Å². The fraction of sp³-hybridized carbons (Fsp3) is 0.0909. The number of nitrogens with one attached hydrogen (secondary N) is 1. The number of alkyl halides is 2. The van der Waals surface area contributed by atoms with E-state index in [2.05, 4.69) is 14.9 Å². The van der Waals surface area contributed by atoms with Crippen LogP contribution in [0.15, 0.2) is 30.5 Å². The van der Waals surface area contributed by atoms with Crippen LogP contribution < -0.4 is 4.74 Å². The van der Waals surface area contributed by atoms with Crippen LogP contribution in [0.3, 0.4) is 0 Å². The van der Waals surface area contributed by atoms with Crippen LogP contribution in [0.2, 0.25) is 0 Å². The van der Waals surface area contributed by atoms with Crippen LogP contribution in [-0.2, 0) is 0 Å². The predicted octanol–water partition coefficient (Wildman–Crippen LogP) is 2.49. The summed E-state index contributed by atoms with van der Waals surface area (Å²) in [6.07, 6.45) is 2.01. The van der Waals surface area contributed by atoms with E-state index in [1.165, 1.54) is 18.3 Å². The number of carbonyl (C=O) groups excluding carboxylic acids is 1. The number of ether oxygens (including phenoxy) is 1. The lowest BCUT2D eigenvalue weighted by Gasteiger charge is -2.08. The summed E-state index contributed by atoms with van der Waals surface area (Å²) in [6, 6.07) is 6.09. The van der Waals surface area contributed by atoms with Gasteiger partial charge in [0, 0.05) is 11.8 Å². The quantitative estimate of drug-likeness (QED) is 0.832. The lowest BCUT2D eigenvalue weighted by Crippen LogP contribution is -2.04. The number of rotatable bonds is 4. The molecule has 0 spiro atoms. The van der Waals surface area contributed by atoms with Crippen molar-refractivity contribution in [2.24, 2.45) is 0 Å². The van der Waals surface area contributed by atoms with E-state index in [-0.39, 0.29) is 11.3 Å². The number of aldehydes is 1. The van der Waals surface area contributed by atoms with Gasteiger partial charge in [-0.2, -0.15) is 13.9 Å². The molecule has 88 valence electrons. The minimum Gasteiger partial charge on any atom is -0.434 e. The highest BCUT2D eigenvalue weighted by molar-refractivity contribution is 5.81. The first kappa shape index (κ1) is 11.3. The Balaban J connectivity index is 2.41. The van der Waals surface area contributed by atoms with Gasteiger partial charge in [-0.15, -0.1) is 0 Å². The first-order chi connectivity index (χ1) is 8.20. The largest absolute Gasteiger partial charge is 0.434 e. The molecule has 17 heavy (non-hydrogen) atoms. The summed E-state index contributed by atoms with van der Waals surface area (Å²) in [7, 11) is 0. The van der Waals surface area contributed by atoms with E-state index in [4.69, 9.17) is 0 Å². The minimum atomic E-state index is -2.97. The summed E-state index contributed by atoms with van der Waals surface area (Å²) in [6.45, 7) is -2.97. The molecule has 0 saturated heterocycles. The summed E-state index contributed by atoms with van der Waals surface area (Å²) in [5.41, 5.74) is 1.35. The molecule has 4 nitrogen and oxygen atoms in total. The molecule has 0 atom stereocenters. The average Bonchev–Trinajstić information content (AvgIpc) is 2.81. The Morgan fingerprint density at radius 1 is 1.35 bits per heavy atom. The highest BCUT2D eigenvalue weighted by Crippen LogP contribution is 2.26. The SMILES string of the molecule is O=Cc1ccc(-c2ccn[nH]2)cc1OC(F)F. The second-order valence-electron chi connectivity index (χ2n) is 3.22. The Morgan fingerprint density at radius 2 is 2.18 bits per heavy atom. The summed E-state index contributed by atoms with van der Waals surface area (Å²) < 4.78 is 28.6. The fourth-order valence-electron chi connectivity index (χ4n) is 1.41. The molecule has 1 aromatic heterocycles. The van der Waals surface area contributed by atoms with E-state index >= 15 is 0 Å². The van der Waals surface area contributed by atoms with Gasteiger partial charge in [0.05, 0.1) is 11.3 Å². The Bertz CT molecular complexity index is 512. The summed E-state index contributed by atoms with van der Waals surface area (Å²) >= 11 is 0. The van der Waals surface area contributed by atoms with Crippen molar-refractivity contribution in [2.75, 3.05) is 0 Å². The monoisotopic (exact) mass is 238 g/mol. The van der Waals surface area contributed by atoms with E-state index < -0.39 is 6.61 Å². The standard InChI is InChI=1S/C11H8F2N2O2/c12-11(13)17-10-5-7(1-2-8(10)6-16)9-3-4-14-15-9/h1-6,11H,(H,14,15). The molecule has 0 unspecified atom stereocenters. The number of H-pyrrole nitrogens is 1. The van der Waals surface area contributed by atoms with Gasteiger partial charge in [0.1, 0.15) is 5.75 Å². The van der Waals surface area contributed by atoms with Gasteiger partial charge in [0.15, 0.2) is 6.29 Å². The first-order valence-electron chi connectivity index (χ1n) is 4.74. The highest BCUT2D eigenvalue weighted by Gasteiger charge is 2.11. The smallest absolute Gasteiger partial charge is 0.387 e. The van der Waals surface area contributed by atoms with Crippen LogP contribution in [0.25, 0.3) is 11.3 Å². The molecule has 0 amide bonds. The Labute approximate surface area is 95.2 Å². The third-order valence-corrected chi connectivity index (χ3v) is 2.17. The van der Waals surface area contributed by atoms with Crippen LogP contribution in [0.5, 0.6) is 5.75 Å². The highest BCUT2D eigenvalue weighted by atomic mass is 19.3. The van der Waals surface area contributed by atoms with E-state index in [1.54, 1.807) is 12.1 Å². The number of benzene rings is 1. The van der Waals surface area contributed by atoms with Gasteiger partial charge in [-0.25, -0.2) is 0 Å². The molecule has 0 aliphatic rings. The lowest BCUT2D eigenvalue weighted by molar-refractivity contribution is -0.0500. The Morgan fingerprint density at radius 3 is 2.76 bits per heavy atom. The molecule has 0 aliphatic carbocycles. The van der Waals surface area contributed by atoms with Crippen molar-refractivity contribution < 1.29 is 18.3 Å². The second-order valence-corrected chi connectivity index (χ2v) is 3.22. The zero-order chi connectivity index (χ0) is 12.3. The number of aromatic nitrogens is 2. The third-order valence-electron chi connectivity index (χ3n) is 2.17. The van der Waals surface area contributed by atoms with Crippen molar-refractivity contribution in [3.63, 3.8) is 0 Å². The molecule has 0 saturated carbocycles. The van der Waals surface area contributed by atoms with Gasteiger partial charge >= 0.3 is 6.61 Å². The van der Waals surface area contributed by atoms with Crippen molar-refractivity contribution in [3.8, 4) is 17.0 Å². The Hall–Kier alpha value is -2.24. The molecule has 1 heterocycles. The van der Waals surface area contributed by atoms with E-state index in [1.807, 2.05) is 0 Å². The number of nitrogens with zero attached hydrogens (tertiary/aromatic N) is 1. The van der Waals surface area contributed by atoms with Crippen LogP contribution in [0, 0.1) is 0 Å². The number of aromatic amines is 1. The maximum Gasteiger partial charge on any atom is 0.387 e. The summed E-state index contributed by atoms with van der Waals surface area (Å²) in [5, 5.41) is 6.44. The van der Waals surface area contributed by atoms with Crippen molar-refractivity contribution in [3.05, 3.63) is 36.0 Å². The number of hydrogen-bond donors (Lipinski definition) is 1.